The minimum absolute atomic E-state index is 0.0147. The summed E-state index contributed by atoms with van der Waals surface area (Å²) in [5, 5.41) is 8.01. The van der Waals surface area contributed by atoms with Crippen LogP contribution >= 0.6 is 0 Å². The van der Waals surface area contributed by atoms with Gasteiger partial charge in [-0.3, -0.25) is 9.69 Å². The number of furan rings is 1. The van der Waals surface area contributed by atoms with Crippen molar-refractivity contribution in [3.05, 3.63) is 72.4 Å². The number of hydrogen-bond acceptors (Lipinski definition) is 7. The van der Waals surface area contributed by atoms with Gasteiger partial charge in [-0.05, 0) is 23.8 Å². The first-order chi connectivity index (χ1) is 18.8. The molecule has 0 atom stereocenters. The fraction of sp³-hybridized carbons (Fsp3) is 0.333. The van der Waals surface area contributed by atoms with Crippen LogP contribution in [0, 0.1) is 0 Å². The standard InChI is InChI=1S/C30H33N5O3/c36-30(35-17-19-37-20-18-35)24-8-4-7-23(21-24)28-26(22-5-2-1-3-6-22)27-25(9-10-33-29(27)38-28)32-13-16-34-14-11-31-12-15-34/h1-10,21,31H,11-20H2,(H,32,33). The molecule has 2 aromatic carbocycles. The average Bonchev–Trinajstić information content (AvgIpc) is 3.39. The number of hydrogen-bond donors (Lipinski definition) is 2. The highest BCUT2D eigenvalue weighted by Gasteiger charge is 2.23. The average molecular weight is 512 g/mol. The summed E-state index contributed by atoms with van der Waals surface area (Å²) in [6.45, 7) is 8.38. The van der Waals surface area contributed by atoms with E-state index in [1.165, 1.54) is 0 Å². The van der Waals surface area contributed by atoms with Crippen LogP contribution in [0.15, 0.2) is 71.3 Å². The first-order valence-electron chi connectivity index (χ1n) is 13.4. The molecular weight excluding hydrogens is 478 g/mol. The van der Waals surface area contributed by atoms with Crippen molar-refractivity contribution in [2.24, 2.45) is 0 Å². The molecular formula is C30H33N5O3. The first kappa shape index (κ1) is 24.6. The summed E-state index contributed by atoms with van der Waals surface area (Å²) in [6.07, 6.45) is 1.79. The van der Waals surface area contributed by atoms with Crippen LogP contribution in [0.2, 0.25) is 0 Å². The molecule has 8 heteroatoms. The number of aromatic nitrogens is 1. The van der Waals surface area contributed by atoms with E-state index >= 15 is 0 Å². The third-order valence-electron chi connectivity index (χ3n) is 7.28. The molecule has 38 heavy (non-hydrogen) atoms. The molecule has 8 nitrogen and oxygen atoms in total. The Balaban J connectivity index is 1.37. The van der Waals surface area contributed by atoms with Gasteiger partial charge in [0.1, 0.15) is 5.76 Å². The van der Waals surface area contributed by atoms with Gasteiger partial charge in [-0.1, -0.05) is 42.5 Å². The van der Waals surface area contributed by atoms with Gasteiger partial charge in [-0.2, -0.15) is 0 Å². The molecule has 2 aliphatic rings. The predicted molar refractivity (Wildman–Crippen MR) is 149 cm³/mol. The zero-order chi connectivity index (χ0) is 25.7. The Kier molecular flexibility index (Phi) is 7.35. The van der Waals surface area contributed by atoms with E-state index in [-0.39, 0.29) is 5.91 Å². The van der Waals surface area contributed by atoms with Crippen LogP contribution in [-0.2, 0) is 4.74 Å². The number of nitrogens with zero attached hydrogens (tertiary/aromatic N) is 3. The van der Waals surface area contributed by atoms with Crippen LogP contribution in [0.4, 0.5) is 5.69 Å². The molecule has 6 rings (SSSR count). The number of pyridine rings is 1. The molecule has 2 N–H and O–H groups in total. The van der Waals surface area contributed by atoms with Crippen molar-refractivity contribution in [3.8, 4) is 22.5 Å². The summed E-state index contributed by atoms with van der Waals surface area (Å²) in [5.41, 5.74) is 5.10. The lowest BCUT2D eigenvalue weighted by molar-refractivity contribution is 0.0303. The molecule has 4 aromatic rings. The van der Waals surface area contributed by atoms with E-state index in [2.05, 4.69) is 32.7 Å². The molecule has 196 valence electrons. The molecule has 1 amide bonds. The van der Waals surface area contributed by atoms with Crippen LogP contribution in [0.3, 0.4) is 0 Å². The van der Waals surface area contributed by atoms with Crippen LogP contribution in [-0.4, -0.2) is 86.3 Å². The fourth-order valence-electron chi connectivity index (χ4n) is 5.28. The van der Waals surface area contributed by atoms with E-state index < -0.39 is 0 Å². The molecule has 0 unspecified atom stereocenters. The molecule has 4 heterocycles. The number of amides is 1. The maximum Gasteiger partial charge on any atom is 0.254 e. The van der Waals surface area contributed by atoms with Gasteiger partial charge < -0.3 is 24.7 Å². The summed E-state index contributed by atoms with van der Waals surface area (Å²) in [6, 6.07) is 20.0. The second-order valence-corrected chi connectivity index (χ2v) is 9.71. The van der Waals surface area contributed by atoms with Gasteiger partial charge in [-0.25, -0.2) is 4.98 Å². The van der Waals surface area contributed by atoms with Crippen LogP contribution < -0.4 is 10.6 Å². The highest BCUT2D eigenvalue weighted by molar-refractivity contribution is 6.07. The second-order valence-electron chi connectivity index (χ2n) is 9.71. The zero-order valence-corrected chi connectivity index (χ0v) is 21.5. The number of anilines is 1. The number of piperazine rings is 1. The van der Waals surface area contributed by atoms with E-state index in [0.717, 1.165) is 67.0 Å². The van der Waals surface area contributed by atoms with Gasteiger partial charge in [0.15, 0.2) is 0 Å². The lowest BCUT2D eigenvalue weighted by atomic mass is 9.97. The van der Waals surface area contributed by atoms with Gasteiger partial charge in [0.2, 0.25) is 5.71 Å². The maximum atomic E-state index is 13.2. The summed E-state index contributed by atoms with van der Waals surface area (Å²) in [5.74, 6) is 0.729. The number of ether oxygens (including phenoxy) is 1. The smallest absolute Gasteiger partial charge is 0.254 e. The molecule has 2 aromatic heterocycles. The summed E-state index contributed by atoms with van der Waals surface area (Å²) >= 11 is 0. The molecule has 2 aliphatic heterocycles. The number of carbonyl (C=O) groups is 1. The predicted octanol–water partition coefficient (Wildman–Crippen LogP) is 3.95. The van der Waals surface area contributed by atoms with Crippen molar-refractivity contribution in [3.63, 3.8) is 0 Å². The maximum absolute atomic E-state index is 13.2. The normalized spacial score (nSPS) is 16.6. The number of fused-ring (bicyclic) bond motifs is 1. The van der Waals surface area contributed by atoms with Crippen molar-refractivity contribution in [1.82, 2.24) is 20.1 Å². The number of carbonyl (C=O) groups excluding carboxylic acids is 1. The largest absolute Gasteiger partial charge is 0.437 e. The van der Waals surface area contributed by atoms with Crippen molar-refractivity contribution in [1.29, 1.82) is 0 Å². The van der Waals surface area contributed by atoms with E-state index in [1.54, 1.807) is 6.20 Å². The molecule has 0 aliphatic carbocycles. The van der Waals surface area contributed by atoms with E-state index in [0.29, 0.717) is 43.3 Å². The second kappa shape index (κ2) is 11.3. The zero-order valence-electron chi connectivity index (χ0n) is 21.5. The van der Waals surface area contributed by atoms with Gasteiger partial charge in [-0.15, -0.1) is 0 Å². The van der Waals surface area contributed by atoms with Gasteiger partial charge in [0.25, 0.3) is 5.91 Å². The molecule has 2 saturated heterocycles. The van der Waals surface area contributed by atoms with Crippen LogP contribution in [0.5, 0.6) is 0 Å². The quantitative estimate of drug-likeness (QED) is 0.389. The Morgan fingerprint density at radius 2 is 1.74 bits per heavy atom. The van der Waals surface area contributed by atoms with E-state index in [9.17, 15) is 4.79 Å². The minimum atomic E-state index is 0.0147. The first-order valence-corrected chi connectivity index (χ1v) is 13.4. The molecule has 2 fully saturated rings. The van der Waals surface area contributed by atoms with Gasteiger partial charge >= 0.3 is 0 Å². The van der Waals surface area contributed by atoms with Crippen molar-refractivity contribution >= 4 is 22.7 Å². The number of benzene rings is 2. The Morgan fingerprint density at radius 1 is 0.947 bits per heavy atom. The lowest BCUT2D eigenvalue weighted by Crippen LogP contribution is -2.45. The minimum Gasteiger partial charge on any atom is -0.437 e. The summed E-state index contributed by atoms with van der Waals surface area (Å²) in [7, 11) is 0. The highest BCUT2D eigenvalue weighted by Crippen LogP contribution is 2.43. The van der Waals surface area contributed by atoms with Crippen molar-refractivity contribution < 1.29 is 13.9 Å². The molecule has 0 saturated carbocycles. The SMILES string of the molecule is O=C(c1cccc(-c2oc3nccc(NCCN4CCNCC4)c3c2-c2ccccc2)c1)N1CCOCC1. The lowest BCUT2D eigenvalue weighted by Gasteiger charge is -2.27. The van der Waals surface area contributed by atoms with Gasteiger partial charge in [0.05, 0.1) is 18.6 Å². The molecule has 0 radical (unpaired) electrons. The summed E-state index contributed by atoms with van der Waals surface area (Å²) < 4.78 is 11.9. The van der Waals surface area contributed by atoms with Crippen molar-refractivity contribution in [2.45, 2.75) is 0 Å². The Morgan fingerprint density at radius 3 is 2.55 bits per heavy atom. The Labute approximate surface area is 222 Å². The third-order valence-corrected chi connectivity index (χ3v) is 7.28. The fourth-order valence-corrected chi connectivity index (χ4v) is 5.28. The number of rotatable bonds is 7. The number of morpholine rings is 1. The van der Waals surface area contributed by atoms with Gasteiger partial charge in [0, 0.05) is 80.9 Å². The van der Waals surface area contributed by atoms with E-state index in [1.807, 2.05) is 53.4 Å². The van der Waals surface area contributed by atoms with Crippen LogP contribution in [0.1, 0.15) is 10.4 Å². The topological polar surface area (TPSA) is 82.9 Å². The Bertz CT molecular complexity index is 1390. The number of nitrogens with one attached hydrogen (secondary N) is 2. The highest BCUT2D eigenvalue weighted by atomic mass is 16.5. The Hall–Kier alpha value is -3.72. The van der Waals surface area contributed by atoms with Crippen LogP contribution in [0.25, 0.3) is 33.6 Å². The van der Waals surface area contributed by atoms with E-state index in [4.69, 9.17) is 9.15 Å². The molecule has 0 bridgehead atoms. The molecule has 0 spiro atoms. The monoisotopic (exact) mass is 511 g/mol. The summed E-state index contributed by atoms with van der Waals surface area (Å²) in [4.78, 5) is 22.1. The third kappa shape index (κ3) is 5.15. The van der Waals surface area contributed by atoms with Crippen molar-refractivity contribution in [2.75, 3.05) is 70.9 Å².